The number of rotatable bonds is 4. The van der Waals surface area contributed by atoms with Gasteiger partial charge in [0.15, 0.2) is 5.11 Å². The molecule has 2 rings (SSSR count). The fourth-order valence-electron chi connectivity index (χ4n) is 2.96. The summed E-state index contributed by atoms with van der Waals surface area (Å²) in [4.78, 5) is 14.8. The smallest absolute Gasteiger partial charge is 0.253 e. The first-order chi connectivity index (χ1) is 10.9. The number of carbonyl (C=O) groups excluding carboxylic acids is 1. The van der Waals surface area contributed by atoms with E-state index in [1.165, 1.54) is 5.56 Å². The van der Waals surface area contributed by atoms with Crippen LogP contribution in [-0.2, 0) is 4.79 Å². The molecule has 1 aliphatic heterocycles. The van der Waals surface area contributed by atoms with Gasteiger partial charge in [-0.3, -0.25) is 4.79 Å². The highest BCUT2D eigenvalue weighted by Crippen LogP contribution is 2.30. The largest absolute Gasteiger partial charge is 0.351 e. The summed E-state index contributed by atoms with van der Waals surface area (Å²) in [5, 5.41) is 6.94. The minimum atomic E-state index is -0.211. The molecular formula is C18H25N3OS. The molecule has 0 unspecified atom stereocenters. The second-order valence-electron chi connectivity index (χ2n) is 5.91. The summed E-state index contributed by atoms with van der Waals surface area (Å²) in [5.41, 5.74) is 5.00. The summed E-state index contributed by atoms with van der Waals surface area (Å²) in [6, 6.07) is 6.09. The molecule has 5 heteroatoms. The molecule has 1 aromatic carbocycles. The molecule has 0 radical (unpaired) electrons. The molecule has 0 saturated carbocycles. The van der Waals surface area contributed by atoms with Crippen LogP contribution in [0.15, 0.2) is 29.5 Å². The van der Waals surface area contributed by atoms with E-state index in [2.05, 4.69) is 42.7 Å². The molecule has 0 saturated heterocycles. The van der Waals surface area contributed by atoms with Crippen molar-refractivity contribution in [3.63, 3.8) is 0 Å². The van der Waals surface area contributed by atoms with E-state index in [1.807, 2.05) is 25.7 Å². The van der Waals surface area contributed by atoms with Gasteiger partial charge in [-0.15, -0.1) is 0 Å². The van der Waals surface area contributed by atoms with Gasteiger partial charge < -0.3 is 15.5 Å². The van der Waals surface area contributed by atoms with Crippen LogP contribution in [0.2, 0.25) is 0 Å². The monoisotopic (exact) mass is 331 g/mol. The first-order valence-electron chi connectivity index (χ1n) is 8.03. The van der Waals surface area contributed by atoms with Crippen molar-refractivity contribution >= 4 is 23.2 Å². The number of carbonyl (C=O) groups is 1. The third-order valence-corrected chi connectivity index (χ3v) is 4.52. The highest BCUT2D eigenvalue weighted by Gasteiger charge is 2.32. The van der Waals surface area contributed by atoms with Crippen molar-refractivity contribution in [1.82, 2.24) is 15.5 Å². The second kappa shape index (κ2) is 7.13. The SMILES string of the molecule is CCN(CC)C(=O)C1=C(C)NC(=S)N[C@@H]1c1cc(C)ccc1C. The van der Waals surface area contributed by atoms with Crippen LogP contribution in [0.5, 0.6) is 0 Å². The fourth-order valence-corrected chi connectivity index (χ4v) is 3.23. The van der Waals surface area contributed by atoms with Crippen LogP contribution >= 0.6 is 12.2 Å². The zero-order chi connectivity index (χ0) is 17.1. The molecule has 1 heterocycles. The van der Waals surface area contributed by atoms with Gasteiger partial charge in [0.1, 0.15) is 0 Å². The quantitative estimate of drug-likeness (QED) is 0.833. The fraction of sp³-hybridized carbons (Fsp3) is 0.444. The normalized spacial score (nSPS) is 17.6. The maximum absolute atomic E-state index is 13.0. The third kappa shape index (κ3) is 3.55. The van der Waals surface area contributed by atoms with Gasteiger partial charge in [-0.1, -0.05) is 23.8 Å². The molecule has 23 heavy (non-hydrogen) atoms. The Morgan fingerprint density at radius 3 is 2.48 bits per heavy atom. The summed E-state index contributed by atoms with van der Waals surface area (Å²) in [6.45, 7) is 11.4. The van der Waals surface area contributed by atoms with Crippen LogP contribution in [0.1, 0.15) is 43.5 Å². The van der Waals surface area contributed by atoms with Crippen LogP contribution in [0.3, 0.4) is 0 Å². The molecule has 2 N–H and O–H groups in total. The maximum Gasteiger partial charge on any atom is 0.253 e. The number of hydrogen-bond acceptors (Lipinski definition) is 2. The zero-order valence-corrected chi connectivity index (χ0v) is 15.3. The molecule has 1 atom stereocenters. The number of likely N-dealkylation sites (N-methyl/N-ethyl adjacent to an activating group) is 1. The lowest BCUT2D eigenvalue weighted by atomic mass is 9.90. The van der Waals surface area contributed by atoms with Crippen LogP contribution in [0, 0.1) is 13.8 Å². The molecule has 4 nitrogen and oxygen atoms in total. The Kier molecular flexibility index (Phi) is 5.42. The van der Waals surface area contributed by atoms with Gasteiger partial charge in [-0.25, -0.2) is 0 Å². The lowest BCUT2D eigenvalue weighted by Crippen LogP contribution is -2.47. The Morgan fingerprint density at radius 1 is 1.22 bits per heavy atom. The van der Waals surface area contributed by atoms with Crippen LogP contribution in [0.4, 0.5) is 0 Å². The average Bonchev–Trinajstić information content (AvgIpc) is 2.50. The Morgan fingerprint density at radius 2 is 1.87 bits per heavy atom. The molecule has 1 aliphatic rings. The van der Waals surface area contributed by atoms with E-state index in [1.54, 1.807) is 0 Å². The minimum Gasteiger partial charge on any atom is -0.351 e. The van der Waals surface area contributed by atoms with Crippen molar-refractivity contribution in [3.8, 4) is 0 Å². The van der Waals surface area contributed by atoms with Crippen molar-refractivity contribution in [1.29, 1.82) is 0 Å². The van der Waals surface area contributed by atoms with Crippen molar-refractivity contribution < 1.29 is 4.79 Å². The summed E-state index contributed by atoms with van der Waals surface area (Å²) >= 11 is 5.32. The van der Waals surface area contributed by atoms with Gasteiger partial charge in [0.2, 0.25) is 0 Å². The Labute approximate surface area is 143 Å². The molecular weight excluding hydrogens is 306 g/mol. The zero-order valence-electron chi connectivity index (χ0n) is 14.5. The Balaban J connectivity index is 2.54. The van der Waals surface area contributed by atoms with Crippen LogP contribution in [-0.4, -0.2) is 29.0 Å². The van der Waals surface area contributed by atoms with Gasteiger partial charge in [0, 0.05) is 18.8 Å². The van der Waals surface area contributed by atoms with Gasteiger partial charge in [0.05, 0.1) is 11.6 Å². The number of allylic oxidation sites excluding steroid dienone is 1. The number of benzene rings is 1. The molecule has 0 bridgehead atoms. The number of thiocarbonyl (C=S) groups is 1. The lowest BCUT2D eigenvalue weighted by Gasteiger charge is -2.33. The molecule has 124 valence electrons. The standard InChI is InChI=1S/C18H25N3OS/c1-6-21(7-2)17(22)15-13(5)19-18(23)20-16(15)14-10-11(3)8-9-12(14)4/h8-10,16H,6-7H2,1-5H3,(H2,19,20,23)/t16-/m1/s1. The predicted octanol–water partition coefficient (Wildman–Crippen LogP) is 2.96. The average molecular weight is 331 g/mol. The molecule has 0 fully saturated rings. The van der Waals surface area contributed by atoms with E-state index in [-0.39, 0.29) is 11.9 Å². The van der Waals surface area contributed by atoms with Gasteiger partial charge in [0.25, 0.3) is 5.91 Å². The molecule has 0 spiro atoms. The number of nitrogens with one attached hydrogen (secondary N) is 2. The lowest BCUT2D eigenvalue weighted by molar-refractivity contribution is -0.127. The van der Waals surface area contributed by atoms with E-state index in [0.29, 0.717) is 18.2 Å². The minimum absolute atomic E-state index is 0.0564. The number of aryl methyl sites for hydroxylation is 2. The summed E-state index contributed by atoms with van der Waals surface area (Å²) in [7, 11) is 0. The van der Waals surface area contributed by atoms with Crippen LogP contribution in [0.25, 0.3) is 0 Å². The van der Waals surface area contributed by atoms with Crippen molar-refractivity contribution in [2.75, 3.05) is 13.1 Å². The third-order valence-electron chi connectivity index (χ3n) is 4.30. The van der Waals surface area contributed by atoms with Crippen molar-refractivity contribution in [3.05, 3.63) is 46.2 Å². The summed E-state index contributed by atoms with van der Waals surface area (Å²) < 4.78 is 0. The molecule has 1 aromatic rings. The Bertz CT molecular complexity index is 662. The topological polar surface area (TPSA) is 44.4 Å². The predicted molar refractivity (Wildman–Crippen MR) is 98.2 cm³/mol. The van der Waals surface area contributed by atoms with Gasteiger partial charge in [-0.2, -0.15) is 0 Å². The van der Waals surface area contributed by atoms with E-state index >= 15 is 0 Å². The first kappa shape index (κ1) is 17.5. The highest BCUT2D eigenvalue weighted by atomic mass is 32.1. The first-order valence-corrected chi connectivity index (χ1v) is 8.44. The van der Waals surface area contributed by atoms with E-state index in [0.717, 1.165) is 22.4 Å². The van der Waals surface area contributed by atoms with E-state index in [4.69, 9.17) is 12.2 Å². The van der Waals surface area contributed by atoms with Gasteiger partial charge in [-0.05, 0) is 58.0 Å². The number of nitrogens with zero attached hydrogens (tertiary/aromatic N) is 1. The highest BCUT2D eigenvalue weighted by molar-refractivity contribution is 7.80. The van der Waals surface area contributed by atoms with Gasteiger partial charge >= 0.3 is 0 Å². The maximum atomic E-state index is 13.0. The second-order valence-corrected chi connectivity index (χ2v) is 6.32. The van der Waals surface area contributed by atoms with Crippen molar-refractivity contribution in [2.45, 2.75) is 40.7 Å². The number of amides is 1. The molecule has 1 amide bonds. The van der Waals surface area contributed by atoms with E-state index < -0.39 is 0 Å². The summed E-state index contributed by atoms with van der Waals surface area (Å²) in [6.07, 6.45) is 0. The number of hydrogen-bond donors (Lipinski definition) is 2. The van der Waals surface area contributed by atoms with Crippen LogP contribution < -0.4 is 10.6 Å². The summed E-state index contributed by atoms with van der Waals surface area (Å²) in [5.74, 6) is 0.0564. The van der Waals surface area contributed by atoms with E-state index in [9.17, 15) is 4.79 Å². The van der Waals surface area contributed by atoms with Crippen molar-refractivity contribution in [2.24, 2.45) is 0 Å². The molecule has 0 aromatic heterocycles. The Hall–Kier alpha value is -1.88. The molecule has 0 aliphatic carbocycles.